The summed E-state index contributed by atoms with van der Waals surface area (Å²) in [7, 11) is -3.07. The van der Waals surface area contributed by atoms with Crippen LogP contribution in [0, 0.1) is 5.41 Å². The van der Waals surface area contributed by atoms with Gasteiger partial charge in [0.1, 0.15) is 0 Å². The highest BCUT2D eigenvalue weighted by molar-refractivity contribution is 7.89. The first-order valence-electron chi connectivity index (χ1n) is 4.91. The molecule has 0 saturated carbocycles. The van der Waals surface area contributed by atoms with Gasteiger partial charge in [-0.1, -0.05) is 20.8 Å². The second kappa shape index (κ2) is 3.99. The van der Waals surface area contributed by atoms with Crippen molar-refractivity contribution in [1.29, 1.82) is 0 Å². The minimum absolute atomic E-state index is 0.0749. The molecule has 84 valence electrons. The summed E-state index contributed by atoms with van der Waals surface area (Å²) in [4.78, 5) is 0. The predicted octanol–water partition coefficient (Wildman–Crippen LogP) is 1.68. The molecule has 0 aromatic carbocycles. The first-order valence-corrected chi connectivity index (χ1v) is 6.96. The Hall–Kier alpha value is 0.200. The van der Waals surface area contributed by atoms with Gasteiger partial charge < -0.3 is 0 Å². The van der Waals surface area contributed by atoms with Crippen LogP contribution < -0.4 is 0 Å². The highest BCUT2D eigenvalue weighted by Crippen LogP contribution is 2.35. The lowest BCUT2D eigenvalue weighted by atomic mass is 9.93. The fourth-order valence-electron chi connectivity index (χ4n) is 1.64. The average molecular weight is 240 g/mol. The highest BCUT2D eigenvalue weighted by Gasteiger charge is 2.42. The molecule has 0 aromatic rings. The summed E-state index contributed by atoms with van der Waals surface area (Å²) < 4.78 is 25.0. The highest BCUT2D eigenvalue weighted by atomic mass is 35.5. The van der Waals surface area contributed by atoms with Crippen molar-refractivity contribution in [2.24, 2.45) is 5.41 Å². The smallest absolute Gasteiger partial charge is 0.212 e. The molecule has 0 aromatic heterocycles. The van der Waals surface area contributed by atoms with Crippen LogP contribution in [0.15, 0.2) is 0 Å². The average Bonchev–Trinajstić information content (AvgIpc) is 2.27. The number of sulfonamides is 1. The molecular formula is C9H18ClNO2S. The summed E-state index contributed by atoms with van der Waals surface area (Å²) in [5, 5.41) is -0.0749. The molecule has 0 bridgehead atoms. The van der Waals surface area contributed by atoms with Crippen LogP contribution in [0.2, 0.25) is 0 Å². The lowest BCUT2D eigenvalue weighted by molar-refractivity contribution is 0.378. The molecule has 1 atom stereocenters. The Morgan fingerprint density at radius 2 is 2.07 bits per heavy atom. The molecule has 14 heavy (non-hydrogen) atoms. The Morgan fingerprint density at radius 3 is 2.43 bits per heavy atom. The molecule has 1 aliphatic rings. The van der Waals surface area contributed by atoms with E-state index in [0.29, 0.717) is 19.5 Å². The fraction of sp³-hybridized carbons (Fsp3) is 1.00. The van der Waals surface area contributed by atoms with Crippen molar-refractivity contribution in [1.82, 2.24) is 4.31 Å². The molecule has 5 heteroatoms. The third-order valence-corrected chi connectivity index (χ3v) is 5.37. The van der Waals surface area contributed by atoms with E-state index in [0.717, 1.165) is 0 Å². The van der Waals surface area contributed by atoms with Gasteiger partial charge in [0.25, 0.3) is 0 Å². The Bertz CT molecular complexity index is 300. The van der Waals surface area contributed by atoms with Crippen LogP contribution in [-0.2, 0) is 10.0 Å². The van der Waals surface area contributed by atoms with Gasteiger partial charge in [-0.2, -0.15) is 4.31 Å². The van der Waals surface area contributed by atoms with Gasteiger partial charge in [0.15, 0.2) is 0 Å². The lowest BCUT2D eigenvalue weighted by Crippen LogP contribution is -2.32. The zero-order valence-electron chi connectivity index (χ0n) is 8.96. The maximum atomic E-state index is 11.7. The topological polar surface area (TPSA) is 37.4 Å². The second-order valence-corrected chi connectivity index (χ2v) is 7.18. The van der Waals surface area contributed by atoms with E-state index < -0.39 is 10.0 Å². The minimum atomic E-state index is -3.07. The summed E-state index contributed by atoms with van der Waals surface area (Å²) >= 11 is 6.10. The van der Waals surface area contributed by atoms with Crippen molar-refractivity contribution >= 4 is 21.6 Å². The molecule has 0 N–H and O–H groups in total. The molecule has 1 unspecified atom stereocenters. The van der Waals surface area contributed by atoms with Gasteiger partial charge >= 0.3 is 0 Å². The normalized spacial score (nSPS) is 28.1. The number of alkyl halides is 1. The molecule has 0 radical (unpaired) electrons. The molecule has 0 spiro atoms. The molecule has 3 nitrogen and oxygen atoms in total. The van der Waals surface area contributed by atoms with E-state index in [1.54, 1.807) is 0 Å². The van der Waals surface area contributed by atoms with Crippen LogP contribution in [0.1, 0.15) is 27.2 Å². The first kappa shape index (κ1) is 12.3. The van der Waals surface area contributed by atoms with E-state index >= 15 is 0 Å². The van der Waals surface area contributed by atoms with Crippen LogP contribution in [-0.4, -0.2) is 36.9 Å². The Labute approximate surface area is 91.5 Å². The van der Waals surface area contributed by atoms with E-state index in [1.807, 2.05) is 20.8 Å². The van der Waals surface area contributed by atoms with Crippen molar-refractivity contribution in [2.75, 3.05) is 18.8 Å². The van der Waals surface area contributed by atoms with E-state index in [2.05, 4.69) is 0 Å². The zero-order chi connectivity index (χ0) is 11.0. The van der Waals surface area contributed by atoms with Crippen LogP contribution in [0.25, 0.3) is 0 Å². The van der Waals surface area contributed by atoms with Crippen molar-refractivity contribution in [3.8, 4) is 0 Å². The molecule has 1 heterocycles. The molecular weight excluding hydrogens is 222 g/mol. The summed E-state index contributed by atoms with van der Waals surface area (Å²) in [6.45, 7) is 6.88. The van der Waals surface area contributed by atoms with Gasteiger partial charge in [0, 0.05) is 13.1 Å². The quantitative estimate of drug-likeness (QED) is 0.703. The monoisotopic (exact) mass is 239 g/mol. The van der Waals surface area contributed by atoms with E-state index in [-0.39, 0.29) is 16.5 Å². The minimum Gasteiger partial charge on any atom is -0.212 e. The number of hydrogen-bond acceptors (Lipinski definition) is 2. The molecule has 1 rings (SSSR count). The van der Waals surface area contributed by atoms with Gasteiger partial charge in [-0.25, -0.2) is 8.42 Å². The Balaban J connectivity index is 2.76. The number of halogens is 1. The van der Waals surface area contributed by atoms with Crippen molar-refractivity contribution in [2.45, 2.75) is 32.6 Å². The first-order chi connectivity index (χ1) is 6.29. The van der Waals surface area contributed by atoms with Crippen LogP contribution >= 0.6 is 11.6 Å². The summed E-state index contributed by atoms with van der Waals surface area (Å²) in [5.41, 5.74) is -0.109. The zero-order valence-corrected chi connectivity index (χ0v) is 10.5. The number of nitrogens with zero attached hydrogens (tertiary/aromatic N) is 1. The summed E-state index contributed by atoms with van der Waals surface area (Å²) in [6, 6.07) is 0. The number of rotatable bonds is 3. The van der Waals surface area contributed by atoms with Gasteiger partial charge in [-0.15, -0.1) is 11.6 Å². The second-order valence-electron chi connectivity index (χ2n) is 4.56. The molecule has 0 amide bonds. The Morgan fingerprint density at radius 1 is 1.50 bits per heavy atom. The third kappa shape index (κ3) is 2.41. The third-order valence-electron chi connectivity index (χ3n) is 2.65. The maximum absolute atomic E-state index is 11.7. The molecule has 1 fully saturated rings. The Kier molecular flexibility index (Phi) is 3.49. The maximum Gasteiger partial charge on any atom is 0.214 e. The number of hydrogen-bond donors (Lipinski definition) is 0. The molecule has 0 aliphatic carbocycles. The van der Waals surface area contributed by atoms with Crippen LogP contribution in [0.3, 0.4) is 0 Å². The van der Waals surface area contributed by atoms with Gasteiger partial charge in [-0.05, 0) is 11.8 Å². The van der Waals surface area contributed by atoms with Crippen LogP contribution in [0.4, 0.5) is 0 Å². The van der Waals surface area contributed by atoms with E-state index in [4.69, 9.17) is 11.6 Å². The molecule has 1 aliphatic heterocycles. The molecule has 1 saturated heterocycles. The van der Waals surface area contributed by atoms with Gasteiger partial charge in [0.2, 0.25) is 10.0 Å². The standard InChI is InChI=1S/C9H18ClNO2S/c1-4-5-14(12,13)11-6-8(10)9(2,3)7-11/h8H,4-7H2,1-3H3. The summed E-state index contributed by atoms with van der Waals surface area (Å²) in [6.07, 6.45) is 0.659. The van der Waals surface area contributed by atoms with Gasteiger partial charge in [0.05, 0.1) is 11.1 Å². The largest absolute Gasteiger partial charge is 0.214 e. The van der Waals surface area contributed by atoms with Crippen molar-refractivity contribution in [3.63, 3.8) is 0 Å². The van der Waals surface area contributed by atoms with Crippen molar-refractivity contribution in [3.05, 3.63) is 0 Å². The van der Waals surface area contributed by atoms with Gasteiger partial charge in [-0.3, -0.25) is 0 Å². The van der Waals surface area contributed by atoms with E-state index in [1.165, 1.54) is 4.31 Å². The van der Waals surface area contributed by atoms with Crippen molar-refractivity contribution < 1.29 is 8.42 Å². The van der Waals surface area contributed by atoms with Crippen LogP contribution in [0.5, 0.6) is 0 Å². The lowest BCUT2D eigenvalue weighted by Gasteiger charge is -2.20. The fourth-order valence-corrected chi connectivity index (χ4v) is 3.64. The summed E-state index contributed by atoms with van der Waals surface area (Å²) in [5.74, 6) is 0.229. The van der Waals surface area contributed by atoms with E-state index in [9.17, 15) is 8.42 Å². The predicted molar refractivity (Wildman–Crippen MR) is 59.1 cm³/mol. The SMILES string of the molecule is CCCS(=O)(=O)N1CC(Cl)C(C)(C)C1.